The third kappa shape index (κ3) is 4.01. The summed E-state index contributed by atoms with van der Waals surface area (Å²) in [5, 5.41) is 8.08. The Morgan fingerprint density at radius 3 is 2.87 bits per heavy atom. The molecule has 1 aliphatic heterocycles. The van der Waals surface area contributed by atoms with Gasteiger partial charge in [0.15, 0.2) is 11.5 Å². The lowest BCUT2D eigenvalue weighted by Crippen LogP contribution is -2.40. The van der Waals surface area contributed by atoms with Crippen LogP contribution in [-0.2, 0) is 6.42 Å². The number of likely N-dealkylation sites (tertiary alicyclic amines) is 1. The summed E-state index contributed by atoms with van der Waals surface area (Å²) in [5.41, 5.74) is 2.36. The van der Waals surface area contributed by atoms with Crippen LogP contribution in [0.2, 0.25) is 0 Å². The minimum atomic E-state index is -0.141. The second-order valence-corrected chi connectivity index (χ2v) is 7.84. The molecule has 0 spiro atoms. The van der Waals surface area contributed by atoms with Crippen LogP contribution >= 0.6 is 0 Å². The molecule has 1 atom stereocenters. The van der Waals surface area contributed by atoms with E-state index in [4.69, 9.17) is 13.5 Å². The summed E-state index contributed by atoms with van der Waals surface area (Å²) in [5.74, 6) is 2.29. The average molecular weight is 418 g/mol. The lowest BCUT2D eigenvalue weighted by molar-refractivity contribution is 0.0657. The predicted octanol–water partition coefficient (Wildman–Crippen LogP) is 4.39. The van der Waals surface area contributed by atoms with Gasteiger partial charge >= 0.3 is 0 Å². The van der Waals surface area contributed by atoms with Gasteiger partial charge in [-0.05, 0) is 43.4 Å². The summed E-state index contributed by atoms with van der Waals surface area (Å²) in [4.78, 5) is 19.3. The van der Waals surface area contributed by atoms with E-state index in [2.05, 4.69) is 15.3 Å². The predicted molar refractivity (Wildman–Crippen MR) is 111 cm³/mol. The molecule has 8 nitrogen and oxygen atoms in total. The SMILES string of the molecule is Cc1ccccc1-c1noc(C[C@H]2CCCN(C(=O)c3cc(-c4ccco4)on3)C2)n1. The minimum Gasteiger partial charge on any atom is -0.461 e. The number of furan rings is 1. The number of piperidine rings is 1. The highest BCUT2D eigenvalue weighted by molar-refractivity contribution is 5.93. The molecule has 3 aromatic heterocycles. The molecular weight excluding hydrogens is 396 g/mol. The van der Waals surface area contributed by atoms with E-state index >= 15 is 0 Å². The van der Waals surface area contributed by atoms with Crippen LogP contribution in [0.25, 0.3) is 22.9 Å². The fraction of sp³-hybridized carbons (Fsp3) is 0.304. The van der Waals surface area contributed by atoms with Gasteiger partial charge in [-0.1, -0.05) is 34.6 Å². The van der Waals surface area contributed by atoms with Gasteiger partial charge in [0.1, 0.15) is 0 Å². The van der Waals surface area contributed by atoms with E-state index in [-0.39, 0.29) is 17.5 Å². The molecule has 0 saturated carbocycles. The van der Waals surface area contributed by atoms with Crippen molar-refractivity contribution in [3.05, 3.63) is 65.9 Å². The van der Waals surface area contributed by atoms with E-state index in [1.165, 1.54) is 0 Å². The second-order valence-electron chi connectivity index (χ2n) is 7.84. The Bertz CT molecular complexity index is 1180. The highest BCUT2D eigenvalue weighted by Gasteiger charge is 2.28. The Morgan fingerprint density at radius 2 is 2.03 bits per heavy atom. The zero-order valence-corrected chi connectivity index (χ0v) is 17.2. The number of nitrogens with zero attached hydrogens (tertiary/aromatic N) is 4. The third-order valence-corrected chi connectivity index (χ3v) is 5.62. The first-order chi connectivity index (χ1) is 15.2. The van der Waals surface area contributed by atoms with Crippen LogP contribution < -0.4 is 0 Å². The first-order valence-electron chi connectivity index (χ1n) is 10.4. The molecule has 4 heterocycles. The van der Waals surface area contributed by atoms with Gasteiger partial charge in [0.05, 0.1) is 6.26 Å². The van der Waals surface area contributed by atoms with Crippen molar-refractivity contribution in [3.8, 4) is 22.9 Å². The molecule has 0 radical (unpaired) electrons. The molecule has 0 bridgehead atoms. The molecule has 5 rings (SSSR count). The third-order valence-electron chi connectivity index (χ3n) is 5.62. The molecule has 0 aliphatic carbocycles. The Morgan fingerprint density at radius 1 is 1.13 bits per heavy atom. The van der Waals surface area contributed by atoms with Gasteiger partial charge in [-0.15, -0.1) is 0 Å². The molecule has 1 aliphatic rings. The highest BCUT2D eigenvalue weighted by Crippen LogP contribution is 2.26. The highest BCUT2D eigenvalue weighted by atomic mass is 16.5. The number of amides is 1. The van der Waals surface area contributed by atoms with E-state index in [1.807, 2.05) is 36.1 Å². The molecule has 1 saturated heterocycles. The summed E-state index contributed by atoms with van der Waals surface area (Å²) in [6.45, 7) is 3.33. The van der Waals surface area contributed by atoms with Crippen molar-refractivity contribution in [3.63, 3.8) is 0 Å². The van der Waals surface area contributed by atoms with Gasteiger partial charge in [-0.2, -0.15) is 4.98 Å². The summed E-state index contributed by atoms with van der Waals surface area (Å²) >= 11 is 0. The van der Waals surface area contributed by atoms with Crippen molar-refractivity contribution in [1.82, 2.24) is 20.2 Å². The molecule has 4 aromatic rings. The summed E-state index contributed by atoms with van der Waals surface area (Å²) < 4.78 is 16.1. The lowest BCUT2D eigenvalue weighted by Gasteiger charge is -2.31. The first kappa shape index (κ1) is 19.3. The number of hydrogen-bond acceptors (Lipinski definition) is 7. The van der Waals surface area contributed by atoms with Crippen molar-refractivity contribution in [2.75, 3.05) is 13.1 Å². The molecule has 1 amide bonds. The van der Waals surface area contributed by atoms with Crippen LogP contribution in [0.15, 0.2) is 62.2 Å². The van der Waals surface area contributed by atoms with Crippen molar-refractivity contribution in [2.24, 2.45) is 5.92 Å². The number of hydrogen-bond donors (Lipinski definition) is 0. The largest absolute Gasteiger partial charge is 0.461 e. The maximum Gasteiger partial charge on any atom is 0.276 e. The monoisotopic (exact) mass is 418 g/mol. The van der Waals surface area contributed by atoms with E-state index < -0.39 is 0 Å². The average Bonchev–Trinajstić information content (AvgIpc) is 3.55. The fourth-order valence-electron chi connectivity index (χ4n) is 4.01. The number of aromatic nitrogens is 3. The molecule has 8 heteroatoms. The quantitative estimate of drug-likeness (QED) is 0.474. The van der Waals surface area contributed by atoms with Crippen LogP contribution in [-0.4, -0.2) is 39.2 Å². The van der Waals surface area contributed by atoms with Crippen LogP contribution in [0.1, 0.15) is 34.8 Å². The Hall–Kier alpha value is -3.68. The molecule has 158 valence electrons. The number of aryl methyl sites for hydroxylation is 1. The fourth-order valence-corrected chi connectivity index (χ4v) is 4.01. The second kappa shape index (κ2) is 8.22. The first-order valence-corrected chi connectivity index (χ1v) is 10.4. The van der Waals surface area contributed by atoms with E-state index in [0.29, 0.717) is 42.7 Å². The number of rotatable bonds is 5. The Labute approximate surface area is 178 Å². The number of carbonyl (C=O) groups excluding carboxylic acids is 1. The summed E-state index contributed by atoms with van der Waals surface area (Å²) in [7, 11) is 0. The van der Waals surface area contributed by atoms with Crippen LogP contribution in [0, 0.1) is 12.8 Å². The molecule has 31 heavy (non-hydrogen) atoms. The molecule has 0 N–H and O–H groups in total. The maximum absolute atomic E-state index is 12.9. The zero-order chi connectivity index (χ0) is 21.2. The zero-order valence-electron chi connectivity index (χ0n) is 17.2. The Kier molecular flexibility index (Phi) is 5.11. The van der Waals surface area contributed by atoms with Gasteiger partial charge in [0, 0.05) is 31.1 Å². The van der Waals surface area contributed by atoms with E-state index in [9.17, 15) is 4.79 Å². The standard InChI is InChI=1S/C23H22N4O4/c1-15-6-2-3-8-17(15)22-24-21(31-26-22)12-16-7-4-10-27(14-16)23(28)18-13-20(30-25-18)19-9-5-11-29-19/h2-3,5-6,8-9,11,13,16H,4,7,10,12,14H2,1H3/t16-/m1/s1. The molecule has 0 unspecified atom stereocenters. The molecule has 1 aromatic carbocycles. The van der Waals surface area contributed by atoms with Crippen molar-refractivity contribution in [1.29, 1.82) is 0 Å². The minimum absolute atomic E-state index is 0.141. The van der Waals surface area contributed by atoms with Gasteiger partial charge in [-0.25, -0.2) is 0 Å². The Balaban J connectivity index is 1.25. The molecular formula is C23H22N4O4. The van der Waals surface area contributed by atoms with Gasteiger partial charge in [-0.3, -0.25) is 4.79 Å². The van der Waals surface area contributed by atoms with Crippen LogP contribution in [0.3, 0.4) is 0 Å². The lowest BCUT2D eigenvalue weighted by atomic mass is 9.94. The van der Waals surface area contributed by atoms with Crippen LogP contribution in [0.4, 0.5) is 0 Å². The van der Waals surface area contributed by atoms with Crippen molar-refractivity contribution in [2.45, 2.75) is 26.2 Å². The van der Waals surface area contributed by atoms with E-state index in [0.717, 1.165) is 24.0 Å². The number of benzene rings is 1. The van der Waals surface area contributed by atoms with Crippen molar-refractivity contribution >= 4 is 5.91 Å². The molecule has 1 fully saturated rings. The number of carbonyl (C=O) groups is 1. The maximum atomic E-state index is 12.9. The van der Waals surface area contributed by atoms with E-state index in [1.54, 1.807) is 24.5 Å². The van der Waals surface area contributed by atoms with Gasteiger partial charge in [0.2, 0.25) is 17.5 Å². The van der Waals surface area contributed by atoms with Crippen molar-refractivity contribution < 1.29 is 18.3 Å². The smallest absolute Gasteiger partial charge is 0.276 e. The van der Waals surface area contributed by atoms with Gasteiger partial charge < -0.3 is 18.4 Å². The normalized spacial score (nSPS) is 16.5. The topological polar surface area (TPSA) is 98.4 Å². The summed E-state index contributed by atoms with van der Waals surface area (Å²) in [6, 6.07) is 13.1. The van der Waals surface area contributed by atoms with Gasteiger partial charge in [0.25, 0.3) is 5.91 Å². The van der Waals surface area contributed by atoms with Crippen LogP contribution in [0.5, 0.6) is 0 Å². The summed E-state index contributed by atoms with van der Waals surface area (Å²) in [6.07, 6.45) is 4.11.